The molecule has 0 radical (unpaired) electrons. The highest BCUT2D eigenvalue weighted by atomic mass is 35.5. The number of hydrogen-bond acceptors (Lipinski definition) is 5. The second-order valence-electron chi connectivity index (χ2n) is 6.94. The molecule has 0 bridgehead atoms. The molecular weight excluding hydrogens is 390 g/mol. The molecule has 152 valence electrons. The molecule has 1 unspecified atom stereocenters. The van der Waals surface area contributed by atoms with Crippen LogP contribution in [0.25, 0.3) is 16.8 Å². The normalized spacial score (nSPS) is 12.0. The molecule has 3 rings (SSSR count). The van der Waals surface area contributed by atoms with Crippen LogP contribution in [0.5, 0.6) is 0 Å². The molecule has 0 saturated heterocycles. The van der Waals surface area contributed by atoms with E-state index in [1.807, 2.05) is 51.1 Å². The summed E-state index contributed by atoms with van der Waals surface area (Å²) < 4.78 is 6.75. The van der Waals surface area contributed by atoms with Crippen molar-refractivity contribution in [2.24, 2.45) is 0 Å². The van der Waals surface area contributed by atoms with Crippen molar-refractivity contribution in [2.45, 2.75) is 33.2 Å². The third kappa shape index (κ3) is 4.81. The molecule has 8 heteroatoms. The fraction of sp³-hybridized carbons (Fsp3) is 0.333. The molecule has 0 saturated carbocycles. The minimum Gasteiger partial charge on any atom is -0.383 e. The summed E-state index contributed by atoms with van der Waals surface area (Å²) in [6.07, 6.45) is 0.662. The summed E-state index contributed by atoms with van der Waals surface area (Å²) >= 11 is 6.49. The number of nitrogens with zero attached hydrogens (tertiary/aromatic N) is 4. The van der Waals surface area contributed by atoms with Crippen molar-refractivity contribution < 1.29 is 9.53 Å². The summed E-state index contributed by atoms with van der Waals surface area (Å²) in [5.41, 5.74) is 3.91. The SMILES string of the molecule is CCc1nnnn1-c1cc(C(=O)NC(C)COC)cc(-c2ccc(C)cc2Cl)c1. The van der Waals surface area contributed by atoms with Gasteiger partial charge < -0.3 is 10.1 Å². The Morgan fingerprint density at radius 1 is 1.28 bits per heavy atom. The van der Waals surface area contributed by atoms with Gasteiger partial charge in [-0.05, 0) is 59.7 Å². The van der Waals surface area contributed by atoms with Crippen molar-refractivity contribution in [3.8, 4) is 16.8 Å². The quantitative estimate of drug-likeness (QED) is 0.639. The number of halogens is 1. The van der Waals surface area contributed by atoms with Gasteiger partial charge in [0.25, 0.3) is 5.91 Å². The van der Waals surface area contributed by atoms with Gasteiger partial charge in [-0.3, -0.25) is 4.79 Å². The Balaban J connectivity index is 2.10. The Bertz CT molecular complexity index is 1020. The zero-order chi connectivity index (χ0) is 21.0. The first-order chi connectivity index (χ1) is 13.9. The molecule has 1 aromatic heterocycles. The van der Waals surface area contributed by atoms with E-state index in [2.05, 4.69) is 20.8 Å². The maximum absolute atomic E-state index is 12.9. The molecule has 1 amide bonds. The fourth-order valence-corrected chi connectivity index (χ4v) is 3.44. The molecular formula is C21H24ClN5O2. The molecule has 7 nitrogen and oxygen atoms in total. The van der Waals surface area contributed by atoms with Crippen LogP contribution in [0.2, 0.25) is 5.02 Å². The summed E-state index contributed by atoms with van der Waals surface area (Å²) in [7, 11) is 1.60. The number of amides is 1. The maximum Gasteiger partial charge on any atom is 0.251 e. The summed E-state index contributed by atoms with van der Waals surface area (Å²) in [5, 5.41) is 15.5. The lowest BCUT2D eigenvalue weighted by molar-refractivity contribution is 0.0905. The summed E-state index contributed by atoms with van der Waals surface area (Å²) in [6.45, 7) is 6.27. The second-order valence-corrected chi connectivity index (χ2v) is 7.35. The molecule has 0 aliphatic heterocycles. The topological polar surface area (TPSA) is 81.9 Å². The largest absolute Gasteiger partial charge is 0.383 e. The zero-order valence-corrected chi connectivity index (χ0v) is 17.7. The lowest BCUT2D eigenvalue weighted by atomic mass is 10.00. The number of ether oxygens (including phenoxy) is 1. The predicted molar refractivity (Wildman–Crippen MR) is 113 cm³/mol. The number of benzene rings is 2. The van der Waals surface area contributed by atoms with Crippen LogP contribution in [0.4, 0.5) is 0 Å². The summed E-state index contributed by atoms with van der Waals surface area (Å²) in [4.78, 5) is 12.9. The predicted octanol–water partition coefficient (Wildman–Crippen LogP) is 3.62. The average Bonchev–Trinajstić information content (AvgIpc) is 3.16. The van der Waals surface area contributed by atoms with Crippen molar-refractivity contribution in [1.82, 2.24) is 25.5 Å². The fourth-order valence-electron chi connectivity index (χ4n) is 3.10. The van der Waals surface area contributed by atoms with Crippen LogP contribution in [-0.2, 0) is 11.2 Å². The molecule has 0 aliphatic carbocycles. The van der Waals surface area contributed by atoms with Crippen LogP contribution in [0.3, 0.4) is 0 Å². The summed E-state index contributed by atoms with van der Waals surface area (Å²) in [5.74, 6) is 0.503. The monoisotopic (exact) mass is 413 g/mol. The van der Waals surface area contributed by atoms with Crippen molar-refractivity contribution >= 4 is 17.5 Å². The summed E-state index contributed by atoms with van der Waals surface area (Å²) in [6, 6.07) is 11.2. The van der Waals surface area contributed by atoms with Crippen LogP contribution >= 0.6 is 11.6 Å². The first kappa shape index (κ1) is 21.0. The Morgan fingerprint density at radius 2 is 2.07 bits per heavy atom. The minimum atomic E-state index is -0.202. The van der Waals surface area contributed by atoms with E-state index in [0.717, 1.165) is 16.7 Å². The Kier molecular flexibility index (Phi) is 6.61. The van der Waals surface area contributed by atoms with Gasteiger partial charge in [-0.2, -0.15) is 4.68 Å². The molecule has 1 atom stereocenters. The number of hydrogen-bond donors (Lipinski definition) is 1. The van der Waals surface area contributed by atoms with Crippen LogP contribution in [0, 0.1) is 6.92 Å². The number of rotatable bonds is 7. The van der Waals surface area contributed by atoms with Crippen molar-refractivity contribution in [1.29, 1.82) is 0 Å². The third-order valence-electron chi connectivity index (χ3n) is 4.50. The third-order valence-corrected chi connectivity index (χ3v) is 4.82. The van der Waals surface area contributed by atoms with Crippen molar-refractivity contribution in [2.75, 3.05) is 13.7 Å². The molecule has 0 fully saturated rings. The van der Waals surface area contributed by atoms with E-state index in [1.165, 1.54) is 0 Å². The lowest BCUT2D eigenvalue weighted by Gasteiger charge is -2.15. The second kappa shape index (κ2) is 9.15. The molecule has 1 heterocycles. The van der Waals surface area contributed by atoms with E-state index in [4.69, 9.17) is 16.3 Å². The Morgan fingerprint density at radius 3 is 2.76 bits per heavy atom. The first-order valence-corrected chi connectivity index (χ1v) is 9.79. The molecule has 3 aromatic rings. The van der Waals surface area contributed by atoms with Gasteiger partial charge in [0, 0.05) is 35.7 Å². The van der Waals surface area contributed by atoms with Crippen LogP contribution in [0.1, 0.15) is 35.6 Å². The molecule has 2 aromatic carbocycles. The highest BCUT2D eigenvalue weighted by Crippen LogP contribution is 2.31. The van der Waals surface area contributed by atoms with Crippen molar-refractivity contribution in [3.63, 3.8) is 0 Å². The van der Waals surface area contributed by atoms with Crippen molar-refractivity contribution in [3.05, 3.63) is 58.4 Å². The number of carbonyl (C=O) groups is 1. The van der Waals surface area contributed by atoms with Gasteiger partial charge in [-0.25, -0.2) is 0 Å². The van der Waals surface area contributed by atoms with E-state index >= 15 is 0 Å². The number of carbonyl (C=O) groups excluding carboxylic acids is 1. The smallest absolute Gasteiger partial charge is 0.251 e. The van der Waals surface area contributed by atoms with Gasteiger partial charge >= 0.3 is 0 Å². The van der Waals surface area contributed by atoms with Crippen LogP contribution in [-0.4, -0.2) is 45.9 Å². The van der Waals surface area contributed by atoms with Gasteiger partial charge in [-0.1, -0.05) is 30.7 Å². The Labute approximate surface area is 175 Å². The lowest BCUT2D eigenvalue weighted by Crippen LogP contribution is -2.35. The first-order valence-electron chi connectivity index (χ1n) is 9.42. The van der Waals surface area contributed by atoms with E-state index in [9.17, 15) is 4.79 Å². The number of methoxy groups -OCH3 is 1. The van der Waals surface area contributed by atoms with Gasteiger partial charge in [0.1, 0.15) is 0 Å². The minimum absolute atomic E-state index is 0.123. The standard InChI is InChI=1S/C21H24ClN5O2/c1-5-20-24-25-26-27(20)17-10-15(18-7-6-13(2)8-19(18)22)9-16(11-17)21(28)23-14(3)12-29-4/h6-11,14H,5,12H2,1-4H3,(H,23,28). The van der Waals surface area contributed by atoms with Crippen LogP contribution < -0.4 is 5.32 Å². The Hall–Kier alpha value is -2.77. The van der Waals surface area contributed by atoms with Gasteiger partial charge in [0.05, 0.1) is 12.3 Å². The van der Waals surface area contributed by atoms with E-state index in [0.29, 0.717) is 35.1 Å². The van der Waals surface area contributed by atoms with E-state index < -0.39 is 0 Å². The van der Waals surface area contributed by atoms with E-state index in [-0.39, 0.29) is 11.9 Å². The van der Waals surface area contributed by atoms with E-state index in [1.54, 1.807) is 17.9 Å². The highest BCUT2D eigenvalue weighted by molar-refractivity contribution is 6.33. The molecule has 1 N–H and O–H groups in total. The zero-order valence-electron chi connectivity index (χ0n) is 16.9. The highest BCUT2D eigenvalue weighted by Gasteiger charge is 2.16. The number of nitrogens with one attached hydrogen (secondary N) is 1. The van der Waals surface area contributed by atoms with Gasteiger partial charge in [-0.15, -0.1) is 5.10 Å². The molecule has 0 aliphatic rings. The maximum atomic E-state index is 12.9. The van der Waals surface area contributed by atoms with Crippen LogP contribution in [0.15, 0.2) is 36.4 Å². The molecule has 0 spiro atoms. The number of tetrazole rings is 1. The number of aryl methyl sites for hydroxylation is 2. The van der Waals surface area contributed by atoms with Gasteiger partial charge in [0.15, 0.2) is 5.82 Å². The number of aromatic nitrogens is 4. The van der Waals surface area contributed by atoms with Gasteiger partial charge in [0.2, 0.25) is 0 Å². The molecule has 29 heavy (non-hydrogen) atoms. The average molecular weight is 414 g/mol.